The van der Waals surface area contributed by atoms with Crippen molar-refractivity contribution >= 4 is 26.0 Å². The molecular formula is C9H9BrFNO2S. The Morgan fingerprint density at radius 1 is 1.47 bits per heavy atom. The summed E-state index contributed by atoms with van der Waals surface area (Å²) < 4.78 is 35.4. The molecule has 1 aliphatic carbocycles. The minimum Gasteiger partial charge on any atom is -0.225 e. The highest BCUT2D eigenvalue weighted by Crippen LogP contribution is 2.48. The molecule has 0 radical (unpaired) electrons. The van der Waals surface area contributed by atoms with Crippen molar-refractivity contribution in [3.63, 3.8) is 0 Å². The second kappa shape index (κ2) is 3.54. The van der Waals surface area contributed by atoms with Crippen LogP contribution in [0.3, 0.4) is 0 Å². The van der Waals surface area contributed by atoms with E-state index in [-0.39, 0.29) is 15.6 Å². The molecule has 0 aliphatic heterocycles. The lowest BCUT2D eigenvalue weighted by atomic mass is 10.1. The molecule has 1 aromatic carbocycles. The Kier molecular flexibility index (Phi) is 2.60. The van der Waals surface area contributed by atoms with Gasteiger partial charge in [-0.2, -0.15) is 0 Å². The molecule has 2 rings (SSSR count). The van der Waals surface area contributed by atoms with E-state index in [0.29, 0.717) is 5.56 Å². The first-order valence-electron chi connectivity index (χ1n) is 4.36. The molecule has 15 heavy (non-hydrogen) atoms. The minimum atomic E-state index is -3.85. The Labute approximate surface area is 95.7 Å². The third-order valence-corrected chi connectivity index (χ3v) is 4.37. The van der Waals surface area contributed by atoms with Gasteiger partial charge in [-0.3, -0.25) is 0 Å². The molecule has 0 saturated heterocycles. The molecule has 6 heteroatoms. The predicted molar refractivity (Wildman–Crippen MR) is 57.8 cm³/mol. The van der Waals surface area contributed by atoms with Gasteiger partial charge in [-0.05, 0) is 30.0 Å². The lowest BCUT2D eigenvalue weighted by Gasteiger charge is -2.06. The van der Waals surface area contributed by atoms with Crippen molar-refractivity contribution in [3.05, 3.63) is 29.6 Å². The molecule has 0 bridgehead atoms. The van der Waals surface area contributed by atoms with Crippen LogP contribution in [0.1, 0.15) is 17.9 Å². The van der Waals surface area contributed by atoms with Gasteiger partial charge >= 0.3 is 0 Å². The predicted octanol–water partition coefficient (Wildman–Crippen LogP) is 1.72. The molecule has 0 amide bonds. The number of halogens is 2. The van der Waals surface area contributed by atoms with Crippen LogP contribution in [0.4, 0.5) is 4.39 Å². The summed E-state index contributed by atoms with van der Waals surface area (Å²) in [6.45, 7) is 0. The molecule has 0 heterocycles. The molecule has 2 atom stereocenters. The zero-order valence-electron chi connectivity index (χ0n) is 7.65. The Morgan fingerprint density at radius 3 is 2.53 bits per heavy atom. The van der Waals surface area contributed by atoms with E-state index in [4.69, 9.17) is 5.14 Å². The van der Waals surface area contributed by atoms with Gasteiger partial charge in [-0.15, -0.1) is 0 Å². The van der Waals surface area contributed by atoms with E-state index in [9.17, 15) is 12.8 Å². The third-order valence-electron chi connectivity index (χ3n) is 2.39. The second-order valence-electron chi connectivity index (χ2n) is 3.59. The molecule has 1 aromatic rings. The van der Waals surface area contributed by atoms with Gasteiger partial charge in [-0.1, -0.05) is 22.0 Å². The summed E-state index contributed by atoms with van der Waals surface area (Å²) in [4.78, 5) is 0.165. The quantitative estimate of drug-likeness (QED) is 0.844. The van der Waals surface area contributed by atoms with Crippen LogP contribution in [-0.2, 0) is 10.0 Å². The number of nitrogens with two attached hydrogens (primary N) is 1. The molecule has 0 spiro atoms. The fourth-order valence-corrected chi connectivity index (χ4v) is 3.06. The van der Waals surface area contributed by atoms with E-state index in [1.165, 1.54) is 12.1 Å². The maximum Gasteiger partial charge on any atom is 0.238 e. The minimum absolute atomic E-state index is 0.102. The summed E-state index contributed by atoms with van der Waals surface area (Å²) in [5.41, 5.74) is 0.598. The molecule has 3 nitrogen and oxygen atoms in total. The van der Waals surface area contributed by atoms with Crippen LogP contribution in [0.2, 0.25) is 0 Å². The lowest BCUT2D eigenvalue weighted by molar-refractivity contribution is 0.590. The van der Waals surface area contributed by atoms with Crippen LogP contribution in [0.25, 0.3) is 0 Å². The molecule has 0 aromatic heterocycles. The van der Waals surface area contributed by atoms with Crippen LogP contribution in [-0.4, -0.2) is 13.2 Å². The van der Waals surface area contributed by atoms with Crippen LogP contribution >= 0.6 is 15.9 Å². The number of sulfonamides is 1. The van der Waals surface area contributed by atoms with Crippen LogP contribution in [0, 0.1) is 5.82 Å². The normalized spacial score (nSPS) is 25.3. The largest absolute Gasteiger partial charge is 0.238 e. The first-order valence-corrected chi connectivity index (χ1v) is 6.82. The average molecular weight is 294 g/mol. The Bertz CT molecular complexity index is 503. The molecular weight excluding hydrogens is 285 g/mol. The number of primary sulfonamides is 1. The van der Waals surface area contributed by atoms with Gasteiger partial charge in [0.05, 0.1) is 4.90 Å². The first kappa shape index (κ1) is 11.0. The van der Waals surface area contributed by atoms with Crippen molar-refractivity contribution in [2.24, 2.45) is 5.14 Å². The summed E-state index contributed by atoms with van der Waals surface area (Å²) in [6.07, 6.45) is 0.855. The van der Waals surface area contributed by atoms with Gasteiger partial charge < -0.3 is 0 Å². The summed E-state index contributed by atoms with van der Waals surface area (Å²) in [7, 11) is -3.85. The molecule has 2 unspecified atom stereocenters. The summed E-state index contributed by atoms with van der Waals surface area (Å²) in [5.74, 6) is -0.464. The zero-order chi connectivity index (χ0) is 11.2. The van der Waals surface area contributed by atoms with Crippen LogP contribution in [0.15, 0.2) is 23.1 Å². The van der Waals surface area contributed by atoms with Crippen molar-refractivity contribution < 1.29 is 12.8 Å². The zero-order valence-corrected chi connectivity index (χ0v) is 10.1. The summed E-state index contributed by atoms with van der Waals surface area (Å²) >= 11 is 3.38. The number of hydrogen-bond acceptors (Lipinski definition) is 2. The standard InChI is InChI=1S/C9H9BrFNO2S/c10-8-4-7(8)6-2-1-5(11)3-9(6)15(12,13)14/h1-3,7-8H,4H2,(H2,12,13,14). The Morgan fingerprint density at radius 2 is 2.07 bits per heavy atom. The lowest BCUT2D eigenvalue weighted by Crippen LogP contribution is -2.14. The van der Waals surface area contributed by atoms with Crippen LogP contribution < -0.4 is 5.14 Å². The fourth-order valence-electron chi connectivity index (χ4n) is 1.55. The van der Waals surface area contributed by atoms with Crippen LogP contribution in [0.5, 0.6) is 0 Å². The number of benzene rings is 1. The van der Waals surface area contributed by atoms with E-state index in [1.807, 2.05) is 0 Å². The second-order valence-corrected chi connectivity index (χ2v) is 6.29. The molecule has 1 saturated carbocycles. The van der Waals surface area contributed by atoms with Gasteiger partial charge in [0.25, 0.3) is 0 Å². The Hall–Kier alpha value is -0.460. The van der Waals surface area contributed by atoms with E-state index >= 15 is 0 Å². The number of rotatable bonds is 2. The van der Waals surface area contributed by atoms with Gasteiger partial charge in [-0.25, -0.2) is 17.9 Å². The average Bonchev–Trinajstić information content (AvgIpc) is 2.81. The van der Waals surface area contributed by atoms with Crippen molar-refractivity contribution in [1.82, 2.24) is 0 Å². The van der Waals surface area contributed by atoms with Gasteiger partial charge in [0.15, 0.2) is 0 Å². The van der Waals surface area contributed by atoms with Gasteiger partial charge in [0.1, 0.15) is 5.82 Å². The molecule has 1 fully saturated rings. The molecule has 1 aliphatic rings. The highest BCUT2D eigenvalue weighted by molar-refractivity contribution is 9.09. The maximum atomic E-state index is 12.9. The summed E-state index contributed by atoms with van der Waals surface area (Å²) in [5, 5.41) is 5.03. The molecule has 82 valence electrons. The van der Waals surface area contributed by atoms with E-state index in [0.717, 1.165) is 12.5 Å². The van der Waals surface area contributed by atoms with Crippen molar-refractivity contribution in [3.8, 4) is 0 Å². The fraction of sp³-hybridized carbons (Fsp3) is 0.333. The Balaban J connectivity index is 2.55. The van der Waals surface area contributed by atoms with Crippen molar-refractivity contribution in [1.29, 1.82) is 0 Å². The number of alkyl halides is 1. The smallest absolute Gasteiger partial charge is 0.225 e. The highest BCUT2D eigenvalue weighted by Gasteiger charge is 2.38. The molecule has 2 N–H and O–H groups in total. The third kappa shape index (κ3) is 2.21. The number of hydrogen-bond donors (Lipinski definition) is 1. The first-order chi connectivity index (χ1) is 6.89. The van der Waals surface area contributed by atoms with E-state index in [2.05, 4.69) is 15.9 Å². The monoisotopic (exact) mass is 293 g/mol. The van der Waals surface area contributed by atoms with Crippen molar-refractivity contribution in [2.75, 3.05) is 0 Å². The van der Waals surface area contributed by atoms with Gasteiger partial charge in [0.2, 0.25) is 10.0 Å². The SMILES string of the molecule is NS(=O)(=O)c1cc(F)ccc1C1CC1Br. The van der Waals surface area contributed by atoms with E-state index < -0.39 is 15.8 Å². The maximum absolute atomic E-state index is 12.9. The van der Waals surface area contributed by atoms with Gasteiger partial charge in [0, 0.05) is 4.83 Å². The summed E-state index contributed by atoms with van der Waals surface area (Å²) in [6, 6.07) is 3.71. The van der Waals surface area contributed by atoms with Crippen molar-refractivity contribution in [2.45, 2.75) is 22.1 Å². The van der Waals surface area contributed by atoms with E-state index in [1.54, 1.807) is 0 Å². The topological polar surface area (TPSA) is 60.2 Å². The highest BCUT2D eigenvalue weighted by atomic mass is 79.9.